The highest BCUT2D eigenvalue weighted by Gasteiger charge is 2.40. The molecule has 0 bridgehead atoms. The van der Waals surface area contributed by atoms with Crippen LogP contribution < -0.4 is 0 Å². The molecule has 0 unspecified atom stereocenters. The minimum absolute atomic E-state index is 0.169. The predicted octanol–water partition coefficient (Wildman–Crippen LogP) is 2.68. The standard InChI is InChI=1S/C20H18ClFN2O3/c1-23(10-11-25)18-17(13-6-8-15(21)9-7-13)19(26)24(20(18)27)12-14-4-2-3-5-16(14)22/h2-9,25H,10-12H2,1H3. The number of nitrogens with zero attached hydrogens (tertiary/aromatic N) is 2. The lowest BCUT2D eigenvalue weighted by Gasteiger charge is -2.20. The van der Waals surface area contributed by atoms with E-state index in [1.54, 1.807) is 43.4 Å². The van der Waals surface area contributed by atoms with Crippen molar-refractivity contribution in [1.82, 2.24) is 9.80 Å². The molecule has 2 aromatic carbocycles. The van der Waals surface area contributed by atoms with Crippen LogP contribution >= 0.6 is 11.6 Å². The van der Waals surface area contributed by atoms with E-state index in [1.165, 1.54) is 17.0 Å². The van der Waals surface area contributed by atoms with Gasteiger partial charge in [0.2, 0.25) is 0 Å². The molecule has 5 nitrogen and oxygen atoms in total. The van der Waals surface area contributed by atoms with Gasteiger partial charge in [-0.15, -0.1) is 0 Å². The number of rotatable bonds is 6. The number of carbonyl (C=O) groups excluding carboxylic acids is 2. The van der Waals surface area contributed by atoms with Gasteiger partial charge >= 0.3 is 0 Å². The molecule has 0 aromatic heterocycles. The van der Waals surface area contributed by atoms with E-state index in [2.05, 4.69) is 0 Å². The summed E-state index contributed by atoms with van der Waals surface area (Å²) in [7, 11) is 1.62. The van der Waals surface area contributed by atoms with Gasteiger partial charge in [0.1, 0.15) is 11.5 Å². The van der Waals surface area contributed by atoms with Crippen LogP contribution in [-0.4, -0.2) is 46.9 Å². The van der Waals surface area contributed by atoms with Crippen LogP contribution in [0.25, 0.3) is 5.57 Å². The maximum absolute atomic E-state index is 14.0. The summed E-state index contributed by atoms with van der Waals surface area (Å²) in [5.41, 5.74) is 1.17. The molecule has 7 heteroatoms. The normalized spacial score (nSPS) is 14.3. The van der Waals surface area contributed by atoms with E-state index in [0.29, 0.717) is 10.6 Å². The first-order valence-electron chi connectivity index (χ1n) is 8.36. The quantitative estimate of drug-likeness (QED) is 0.773. The summed E-state index contributed by atoms with van der Waals surface area (Å²) >= 11 is 5.92. The first kappa shape index (κ1) is 19.1. The number of likely N-dealkylation sites (N-methyl/N-ethyl adjacent to an activating group) is 1. The third-order valence-electron chi connectivity index (χ3n) is 4.38. The highest BCUT2D eigenvalue weighted by molar-refractivity contribution is 6.35. The number of hydrogen-bond acceptors (Lipinski definition) is 4. The molecule has 2 aromatic rings. The SMILES string of the molecule is CN(CCO)C1=C(c2ccc(Cl)cc2)C(=O)N(Cc2ccccc2F)C1=O. The van der Waals surface area contributed by atoms with E-state index in [4.69, 9.17) is 11.6 Å². The zero-order valence-electron chi connectivity index (χ0n) is 14.7. The fourth-order valence-corrected chi connectivity index (χ4v) is 3.12. The summed E-state index contributed by atoms with van der Waals surface area (Å²) in [4.78, 5) is 28.6. The van der Waals surface area contributed by atoms with Gasteiger partial charge in [0.25, 0.3) is 11.8 Å². The van der Waals surface area contributed by atoms with Crippen molar-refractivity contribution in [1.29, 1.82) is 0 Å². The molecule has 0 spiro atoms. The second-order valence-corrected chi connectivity index (χ2v) is 6.60. The minimum atomic E-state index is -0.524. The fraction of sp³-hybridized carbons (Fsp3) is 0.200. The van der Waals surface area contributed by atoms with Gasteiger partial charge in [-0.1, -0.05) is 41.9 Å². The van der Waals surface area contributed by atoms with Gasteiger partial charge in [0.05, 0.1) is 18.7 Å². The molecular formula is C20H18ClFN2O3. The van der Waals surface area contributed by atoms with Gasteiger partial charge in [-0.3, -0.25) is 14.5 Å². The van der Waals surface area contributed by atoms with Gasteiger partial charge in [-0.25, -0.2) is 4.39 Å². The third-order valence-corrected chi connectivity index (χ3v) is 4.63. The first-order valence-corrected chi connectivity index (χ1v) is 8.73. The highest BCUT2D eigenvalue weighted by atomic mass is 35.5. The molecule has 0 atom stereocenters. The largest absolute Gasteiger partial charge is 0.395 e. The van der Waals surface area contributed by atoms with Crippen LogP contribution in [0, 0.1) is 5.82 Å². The van der Waals surface area contributed by atoms with Crippen LogP contribution in [0.1, 0.15) is 11.1 Å². The summed E-state index contributed by atoms with van der Waals surface area (Å²) in [6.07, 6.45) is 0. The summed E-state index contributed by atoms with van der Waals surface area (Å²) < 4.78 is 14.0. The van der Waals surface area contributed by atoms with E-state index in [1.807, 2.05) is 0 Å². The molecule has 1 heterocycles. The van der Waals surface area contributed by atoms with Crippen LogP contribution in [0.5, 0.6) is 0 Å². The van der Waals surface area contributed by atoms with Gasteiger partial charge < -0.3 is 10.0 Å². The number of carbonyl (C=O) groups is 2. The summed E-state index contributed by atoms with van der Waals surface area (Å²) in [5.74, 6) is -1.52. The molecule has 1 N–H and O–H groups in total. The Bertz CT molecular complexity index is 912. The number of aliphatic hydroxyl groups is 1. The van der Waals surface area contributed by atoms with Crippen LogP contribution in [0.15, 0.2) is 54.2 Å². The van der Waals surface area contributed by atoms with E-state index in [9.17, 15) is 19.1 Å². The lowest BCUT2D eigenvalue weighted by molar-refractivity contribution is -0.138. The minimum Gasteiger partial charge on any atom is -0.395 e. The number of imide groups is 1. The molecule has 2 amide bonds. The maximum Gasteiger partial charge on any atom is 0.278 e. The zero-order valence-corrected chi connectivity index (χ0v) is 15.4. The number of halogens is 2. The van der Waals surface area contributed by atoms with Gasteiger partial charge in [-0.05, 0) is 23.8 Å². The average molecular weight is 389 g/mol. The molecule has 140 valence electrons. The van der Waals surface area contributed by atoms with Crippen LogP contribution in [0.2, 0.25) is 5.02 Å². The molecule has 0 saturated carbocycles. The van der Waals surface area contributed by atoms with Crippen LogP contribution in [0.4, 0.5) is 4.39 Å². The molecular weight excluding hydrogens is 371 g/mol. The Labute approximate surface area is 161 Å². The van der Waals surface area contributed by atoms with Crippen molar-refractivity contribution in [2.75, 3.05) is 20.2 Å². The second-order valence-electron chi connectivity index (χ2n) is 6.16. The topological polar surface area (TPSA) is 60.9 Å². The smallest absolute Gasteiger partial charge is 0.278 e. The first-order chi connectivity index (χ1) is 12.9. The average Bonchev–Trinajstić information content (AvgIpc) is 2.89. The number of amides is 2. The van der Waals surface area contributed by atoms with E-state index in [0.717, 1.165) is 4.90 Å². The molecule has 0 fully saturated rings. The van der Waals surface area contributed by atoms with Gasteiger partial charge in [-0.2, -0.15) is 0 Å². The Balaban J connectivity index is 2.03. The summed E-state index contributed by atoms with van der Waals surface area (Å²) in [5, 5.41) is 9.74. The van der Waals surface area contributed by atoms with Crippen LogP contribution in [0.3, 0.4) is 0 Å². The number of benzene rings is 2. The maximum atomic E-state index is 14.0. The van der Waals surface area contributed by atoms with Crippen molar-refractivity contribution in [2.24, 2.45) is 0 Å². The van der Waals surface area contributed by atoms with Crippen molar-refractivity contribution in [3.8, 4) is 0 Å². The molecule has 1 aliphatic rings. The van der Waals surface area contributed by atoms with Crippen molar-refractivity contribution in [3.63, 3.8) is 0 Å². The lowest BCUT2D eigenvalue weighted by atomic mass is 10.0. The van der Waals surface area contributed by atoms with Gasteiger partial charge in [0.15, 0.2) is 0 Å². The monoisotopic (exact) mass is 388 g/mol. The molecule has 27 heavy (non-hydrogen) atoms. The number of hydrogen-bond donors (Lipinski definition) is 1. The third kappa shape index (κ3) is 3.72. The summed E-state index contributed by atoms with van der Waals surface area (Å²) in [6.45, 7) is -0.167. The lowest BCUT2D eigenvalue weighted by Crippen LogP contribution is -2.34. The Hall–Kier alpha value is -2.70. The van der Waals surface area contributed by atoms with E-state index < -0.39 is 17.6 Å². The fourth-order valence-electron chi connectivity index (χ4n) is 3.00. The summed E-state index contributed by atoms with van der Waals surface area (Å²) in [6, 6.07) is 12.6. The Morgan fingerprint density at radius 3 is 2.37 bits per heavy atom. The molecule has 0 aliphatic carbocycles. The predicted molar refractivity (Wildman–Crippen MR) is 100 cm³/mol. The molecule has 3 rings (SSSR count). The van der Waals surface area contributed by atoms with Crippen molar-refractivity contribution in [3.05, 3.63) is 76.2 Å². The molecule has 0 saturated heterocycles. The van der Waals surface area contributed by atoms with Gasteiger partial charge in [0, 0.05) is 24.2 Å². The van der Waals surface area contributed by atoms with Crippen molar-refractivity contribution in [2.45, 2.75) is 6.54 Å². The highest BCUT2D eigenvalue weighted by Crippen LogP contribution is 2.32. The van der Waals surface area contributed by atoms with Crippen molar-refractivity contribution < 1.29 is 19.1 Å². The van der Waals surface area contributed by atoms with Crippen molar-refractivity contribution >= 4 is 29.0 Å². The Kier molecular flexibility index (Phi) is 5.58. The zero-order chi connectivity index (χ0) is 19.6. The molecule has 1 aliphatic heterocycles. The Morgan fingerprint density at radius 2 is 1.74 bits per heavy atom. The molecule has 0 radical (unpaired) electrons. The van der Waals surface area contributed by atoms with E-state index in [-0.39, 0.29) is 36.5 Å². The van der Waals surface area contributed by atoms with Crippen LogP contribution in [-0.2, 0) is 16.1 Å². The Morgan fingerprint density at radius 1 is 1.07 bits per heavy atom. The number of aliphatic hydroxyl groups excluding tert-OH is 1. The second kappa shape index (κ2) is 7.90. The van der Waals surface area contributed by atoms with E-state index >= 15 is 0 Å².